The molecule has 2 fully saturated rings. The summed E-state index contributed by atoms with van der Waals surface area (Å²) in [5.41, 5.74) is 7.48. The van der Waals surface area contributed by atoms with Crippen LogP contribution in [-0.4, -0.2) is 49.6 Å². The van der Waals surface area contributed by atoms with Crippen LogP contribution in [-0.2, 0) is 9.53 Å². The summed E-state index contributed by atoms with van der Waals surface area (Å²) in [4.78, 5) is 14.9. The molecule has 8 heteroatoms. The lowest BCUT2D eigenvalue weighted by Gasteiger charge is -2.37. The molecular formula is C18H24BrN5O2. The molecule has 0 aromatic heterocycles. The molecule has 7 nitrogen and oxygen atoms in total. The van der Waals surface area contributed by atoms with Crippen LogP contribution in [0.15, 0.2) is 28.4 Å². The van der Waals surface area contributed by atoms with Crippen molar-refractivity contribution in [2.45, 2.75) is 32.7 Å². The highest BCUT2D eigenvalue weighted by molar-refractivity contribution is 9.10. The number of hydrogen-bond donors (Lipinski definition) is 3. The van der Waals surface area contributed by atoms with Crippen LogP contribution in [0.1, 0.15) is 17.5 Å². The summed E-state index contributed by atoms with van der Waals surface area (Å²) in [6, 6.07) is 4.16. The van der Waals surface area contributed by atoms with Crippen LogP contribution in [0, 0.1) is 13.8 Å². The number of anilines is 1. The van der Waals surface area contributed by atoms with Gasteiger partial charge >= 0.3 is 0 Å². The van der Waals surface area contributed by atoms with E-state index in [9.17, 15) is 4.79 Å². The lowest BCUT2D eigenvalue weighted by molar-refractivity contribution is -0.122. The maximum atomic E-state index is 12.7. The third-order valence-corrected chi connectivity index (χ3v) is 5.48. The zero-order valence-corrected chi connectivity index (χ0v) is 16.6. The largest absolute Gasteiger partial charge is 0.380 e. The smallest absolute Gasteiger partial charge is 0.254 e. The second-order valence-electron chi connectivity index (χ2n) is 6.95. The lowest BCUT2D eigenvalue weighted by atomic mass is 10.1. The Morgan fingerprint density at radius 3 is 2.73 bits per heavy atom. The van der Waals surface area contributed by atoms with Gasteiger partial charge in [0.25, 0.3) is 5.91 Å². The highest BCUT2D eigenvalue weighted by Crippen LogP contribution is 2.31. The number of hydrazine groups is 1. The van der Waals surface area contributed by atoms with Crippen molar-refractivity contribution in [3.8, 4) is 0 Å². The van der Waals surface area contributed by atoms with Crippen molar-refractivity contribution in [2.75, 3.05) is 31.3 Å². The minimum Gasteiger partial charge on any atom is -0.380 e. The predicted molar refractivity (Wildman–Crippen MR) is 103 cm³/mol. The molecule has 2 atom stereocenters. The molecule has 4 rings (SSSR count). The van der Waals surface area contributed by atoms with Crippen LogP contribution in [0.25, 0.3) is 0 Å². The van der Waals surface area contributed by atoms with E-state index in [1.165, 1.54) is 0 Å². The average Bonchev–Trinajstić information content (AvgIpc) is 2.81. The first-order valence-corrected chi connectivity index (χ1v) is 9.75. The van der Waals surface area contributed by atoms with Crippen molar-refractivity contribution < 1.29 is 9.53 Å². The number of benzene rings is 1. The predicted octanol–water partition coefficient (Wildman–Crippen LogP) is 1.33. The SMILES string of the molecule is Cc1cc(Br)cc(C)c1N1C=C2C(=O)NC(N3CCCOCC3)NC2N1. The van der Waals surface area contributed by atoms with Crippen molar-refractivity contribution in [2.24, 2.45) is 0 Å². The highest BCUT2D eigenvalue weighted by atomic mass is 79.9. The third-order valence-electron chi connectivity index (χ3n) is 5.02. The lowest BCUT2D eigenvalue weighted by Crippen LogP contribution is -2.67. The first-order valence-electron chi connectivity index (χ1n) is 8.95. The molecule has 140 valence electrons. The van der Waals surface area contributed by atoms with Gasteiger partial charge in [0.1, 0.15) is 12.5 Å². The molecule has 3 aliphatic rings. The Labute approximate surface area is 161 Å². The summed E-state index contributed by atoms with van der Waals surface area (Å²) in [6.07, 6.45) is 2.46. The van der Waals surface area contributed by atoms with Crippen LogP contribution in [0.3, 0.4) is 0 Å². The van der Waals surface area contributed by atoms with Crippen molar-refractivity contribution in [1.29, 1.82) is 0 Å². The van der Waals surface area contributed by atoms with Gasteiger partial charge in [-0.3, -0.25) is 20.0 Å². The number of carbonyl (C=O) groups excluding carboxylic acids is 1. The maximum absolute atomic E-state index is 12.7. The van der Waals surface area contributed by atoms with Crippen molar-refractivity contribution in [3.63, 3.8) is 0 Å². The average molecular weight is 422 g/mol. The molecular weight excluding hydrogens is 398 g/mol. The van der Waals surface area contributed by atoms with Gasteiger partial charge in [0, 0.05) is 30.4 Å². The number of ether oxygens (including phenoxy) is 1. The van der Waals surface area contributed by atoms with Gasteiger partial charge in [0.05, 0.1) is 17.9 Å². The van der Waals surface area contributed by atoms with E-state index in [0.29, 0.717) is 12.2 Å². The monoisotopic (exact) mass is 421 g/mol. The summed E-state index contributed by atoms with van der Waals surface area (Å²) in [5.74, 6) is -0.0358. The third kappa shape index (κ3) is 3.39. The van der Waals surface area contributed by atoms with Crippen LogP contribution in [0.2, 0.25) is 0 Å². The number of amides is 1. The van der Waals surface area contributed by atoms with Gasteiger partial charge in [-0.25, -0.2) is 5.43 Å². The van der Waals surface area contributed by atoms with Crippen LogP contribution in [0.4, 0.5) is 5.69 Å². The molecule has 0 bridgehead atoms. The number of rotatable bonds is 2. The maximum Gasteiger partial charge on any atom is 0.254 e. The fourth-order valence-electron chi connectivity index (χ4n) is 3.82. The zero-order valence-electron chi connectivity index (χ0n) is 15.0. The second-order valence-corrected chi connectivity index (χ2v) is 7.86. The quantitative estimate of drug-likeness (QED) is 0.669. The molecule has 1 amide bonds. The molecule has 26 heavy (non-hydrogen) atoms. The Morgan fingerprint density at radius 2 is 1.96 bits per heavy atom. The minimum atomic E-state index is -0.208. The van der Waals surface area contributed by atoms with E-state index in [4.69, 9.17) is 4.74 Å². The van der Waals surface area contributed by atoms with Crippen LogP contribution < -0.4 is 21.1 Å². The van der Waals surface area contributed by atoms with Gasteiger partial charge in [-0.1, -0.05) is 15.9 Å². The standard InChI is InChI=1S/C18H24BrN5O2/c1-11-8-13(19)9-12(2)15(11)24-10-14-16(22-24)20-18(21-17(14)25)23-4-3-6-26-7-5-23/h8-10,16,18,20,22H,3-7H2,1-2H3,(H,21,25). The number of nitrogens with one attached hydrogen (secondary N) is 3. The summed E-state index contributed by atoms with van der Waals surface area (Å²) in [7, 11) is 0. The molecule has 3 heterocycles. The summed E-state index contributed by atoms with van der Waals surface area (Å²) in [5, 5.41) is 8.53. The van der Waals surface area contributed by atoms with Gasteiger partial charge in [-0.2, -0.15) is 0 Å². The fourth-order valence-corrected chi connectivity index (χ4v) is 4.50. The molecule has 0 saturated carbocycles. The van der Waals surface area contributed by atoms with E-state index in [0.717, 1.165) is 47.4 Å². The van der Waals surface area contributed by atoms with Crippen LogP contribution in [0.5, 0.6) is 0 Å². The molecule has 3 N–H and O–H groups in total. The van der Waals surface area contributed by atoms with Gasteiger partial charge in [0.2, 0.25) is 0 Å². The van der Waals surface area contributed by atoms with Crippen molar-refractivity contribution in [3.05, 3.63) is 39.5 Å². The topological polar surface area (TPSA) is 68.9 Å². The normalized spacial score (nSPS) is 27.0. The number of aryl methyl sites for hydroxylation is 2. The molecule has 0 spiro atoms. The van der Waals surface area contributed by atoms with Crippen LogP contribution >= 0.6 is 15.9 Å². The first-order chi connectivity index (χ1) is 12.5. The molecule has 3 aliphatic heterocycles. The van der Waals surface area contributed by atoms with E-state index < -0.39 is 0 Å². The number of halogens is 1. The molecule has 0 aliphatic carbocycles. The highest BCUT2D eigenvalue weighted by Gasteiger charge is 2.38. The Morgan fingerprint density at radius 1 is 1.19 bits per heavy atom. The Kier molecular flexibility index (Phi) is 5.02. The summed E-state index contributed by atoms with van der Waals surface area (Å²) >= 11 is 3.54. The van der Waals surface area contributed by atoms with E-state index in [1.807, 2.05) is 11.2 Å². The van der Waals surface area contributed by atoms with Crippen molar-refractivity contribution in [1.82, 2.24) is 21.0 Å². The second kappa shape index (κ2) is 7.28. The first kappa shape index (κ1) is 17.9. The Bertz CT molecular complexity index is 722. The summed E-state index contributed by atoms with van der Waals surface area (Å²) < 4.78 is 6.57. The van der Waals surface area contributed by atoms with E-state index in [1.54, 1.807) is 0 Å². The van der Waals surface area contributed by atoms with Gasteiger partial charge in [-0.15, -0.1) is 0 Å². The fraction of sp³-hybridized carbons (Fsp3) is 0.500. The molecule has 1 aromatic carbocycles. The minimum absolute atomic E-state index is 0.0358. The van der Waals surface area contributed by atoms with E-state index >= 15 is 0 Å². The van der Waals surface area contributed by atoms with Gasteiger partial charge in [-0.05, 0) is 43.5 Å². The number of hydrogen-bond acceptors (Lipinski definition) is 6. The molecule has 2 unspecified atom stereocenters. The van der Waals surface area contributed by atoms with E-state index in [-0.39, 0.29) is 18.4 Å². The summed E-state index contributed by atoms with van der Waals surface area (Å²) in [6.45, 7) is 7.32. The Hall–Kier alpha value is -1.45. The number of carbonyl (C=O) groups is 1. The van der Waals surface area contributed by atoms with Gasteiger partial charge < -0.3 is 10.1 Å². The molecule has 1 aromatic rings. The van der Waals surface area contributed by atoms with E-state index in [2.05, 4.69) is 62.9 Å². The van der Waals surface area contributed by atoms with Crippen molar-refractivity contribution >= 4 is 27.5 Å². The van der Waals surface area contributed by atoms with Gasteiger partial charge in [0.15, 0.2) is 0 Å². The Balaban J connectivity index is 1.54. The zero-order chi connectivity index (χ0) is 18.3. The number of nitrogens with zero attached hydrogens (tertiary/aromatic N) is 2. The number of fused-ring (bicyclic) bond motifs is 1. The molecule has 2 saturated heterocycles. The molecule has 0 radical (unpaired) electrons.